The van der Waals surface area contributed by atoms with Gasteiger partial charge in [-0.05, 0) is 24.5 Å². The van der Waals surface area contributed by atoms with E-state index in [0.717, 1.165) is 53.5 Å². The third-order valence-electron chi connectivity index (χ3n) is 6.16. The molecule has 4 rings (SSSR count). The number of benzene rings is 3. The largest absolute Gasteiger partial charge is 0.333 e. The molecule has 0 aliphatic heterocycles. The molecule has 0 radical (unpaired) electrons. The van der Waals surface area contributed by atoms with E-state index < -0.39 is 8.69 Å². The number of nitrogens with zero attached hydrogens (tertiary/aromatic N) is 2. The van der Waals surface area contributed by atoms with E-state index in [9.17, 15) is 4.79 Å². The Morgan fingerprint density at radius 2 is 1.19 bits per heavy atom. The van der Waals surface area contributed by atoms with Crippen LogP contribution >= 0.6 is 8.69 Å². The van der Waals surface area contributed by atoms with Crippen LogP contribution in [-0.2, 0) is 11.1 Å². The van der Waals surface area contributed by atoms with Gasteiger partial charge in [0.2, 0.25) is 0 Å². The summed E-state index contributed by atoms with van der Waals surface area (Å²) in [7, 11) is -0.833. The average molecular weight is 503 g/mol. The Balaban J connectivity index is 0.00000115. The number of rotatable bonds is 10. The van der Waals surface area contributed by atoms with Gasteiger partial charge in [-0.1, -0.05) is 118 Å². The molecule has 0 aliphatic carbocycles. The molecule has 0 fully saturated rings. The van der Waals surface area contributed by atoms with Gasteiger partial charge in [0.1, 0.15) is 0 Å². The number of hydrogen-bond donors (Lipinski definition) is 1. The van der Waals surface area contributed by atoms with Gasteiger partial charge in [0.05, 0.1) is 17.1 Å². The molecule has 188 valence electrons. The molecule has 0 atom stereocenters. The van der Waals surface area contributed by atoms with Crippen molar-refractivity contribution in [1.29, 1.82) is 0 Å². The topological polar surface area (TPSA) is 64.2 Å². The van der Waals surface area contributed by atoms with Gasteiger partial charge in [-0.3, -0.25) is 9.13 Å². The van der Waals surface area contributed by atoms with Crippen LogP contribution < -0.4 is 5.69 Å². The summed E-state index contributed by atoms with van der Waals surface area (Å²) in [6.45, 7) is 5.29. The smallest absolute Gasteiger partial charge is 0.310 e. The van der Waals surface area contributed by atoms with Crippen molar-refractivity contribution < 1.29 is 9.46 Å². The van der Waals surface area contributed by atoms with Gasteiger partial charge >= 0.3 is 14.4 Å². The predicted octanol–water partition coefficient (Wildman–Crippen LogP) is 7.76. The monoisotopic (exact) mass is 502 g/mol. The lowest BCUT2D eigenvalue weighted by molar-refractivity contribution is 0.503. The molecule has 0 bridgehead atoms. The number of para-hydroxylation sites is 1. The summed E-state index contributed by atoms with van der Waals surface area (Å²) in [5.41, 5.74) is 5.00. The van der Waals surface area contributed by atoms with E-state index >= 15 is 0 Å². The molecule has 0 aliphatic rings. The summed E-state index contributed by atoms with van der Waals surface area (Å²) in [5.74, 6) is 0.755. The Morgan fingerprint density at radius 3 is 1.72 bits per heavy atom. The molecule has 0 saturated carbocycles. The summed E-state index contributed by atoms with van der Waals surface area (Å²) in [4.78, 5) is 20.9. The first-order valence-corrected chi connectivity index (χ1v) is 13.3. The normalized spacial score (nSPS) is 10.9. The highest BCUT2D eigenvalue weighted by molar-refractivity contribution is 7.16. The van der Waals surface area contributed by atoms with Crippen LogP contribution in [0.4, 0.5) is 0 Å². The second-order valence-corrected chi connectivity index (χ2v) is 9.38. The molecule has 0 unspecified atom stereocenters. The Kier molecular flexibility index (Phi) is 10.9. The maximum atomic E-state index is 13.9. The van der Waals surface area contributed by atoms with E-state index in [2.05, 4.69) is 38.1 Å². The molecule has 3 aromatic carbocycles. The minimum absolute atomic E-state index is 0.0288. The quantitative estimate of drug-likeness (QED) is 0.178. The molecule has 0 amide bonds. The van der Waals surface area contributed by atoms with Crippen molar-refractivity contribution in [3.05, 3.63) is 101 Å². The van der Waals surface area contributed by atoms with Crippen molar-refractivity contribution in [2.75, 3.05) is 0 Å². The van der Waals surface area contributed by atoms with E-state index in [1.165, 1.54) is 19.3 Å². The number of hydrogen-bond acceptors (Lipinski definition) is 2. The second-order valence-electron chi connectivity index (χ2n) is 9.21. The lowest BCUT2D eigenvalue weighted by Gasteiger charge is -2.12. The second kappa shape index (κ2) is 14.3. The lowest BCUT2D eigenvalue weighted by Crippen LogP contribution is -2.24. The molecule has 36 heavy (non-hydrogen) atoms. The Labute approximate surface area is 215 Å². The van der Waals surface area contributed by atoms with Gasteiger partial charge in [-0.25, -0.2) is 9.36 Å². The van der Waals surface area contributed by atoms with Gasteiger partial charge in [-0.15, -0.1) is 0 Å². The van der Waals surface area contributed by atoms with Crippen molar-refractivity contribution >= 4 is 8.69 Å². The standard InChI is InChI=1S/C30H34N2O.HO2P/c1-24(2)16-8-3-4-15-23-31-28(25-17-9-5-10-18-25)29(26-19-11-6-12-20-26)32(30(31)33)27-21-13-7-14-22-27;1-3-2/h5-7,9-14,17-22,24H,3-4,8,15-16,23H2,1-2H3;(H,1,2). The summed E-state index contributed by atoms with van der Waals surface area (Å²) >= 11 is 0. The Hall–Kier alpha value is -3.27. The molecule has 6 heteroatoms. The van der Waals surface area contributed by atoms with Crippen LogP contribution in [0.3, 0.4) is 0 Å². The van der Waals surface area contributed by atoms with Gasteiger partial charge < -0.3 is 4.89 Å². The van der Waals surface area contributed by atoms with Crippen molar-refractivity contribution in [3.8, 4) is 28.2 Å². The van der Waals surface area contributed by atoms with E-state index in [1.54, 1.807) is 0 Å². The maximum Gasteiger partial charge on any atom is 0.333 e. The number of unbranched alkanes of at least 4 members (excludes halogenated alkanes) is 3. The zero-order valence-corrected chi connectivity index (χ0v) is 22.0. The third kappa shape index (κ3) is 7.13. The fraction of sp³-hybridized carbons (Fsp3) is 0.300. The molecule has 0 spiro atoms. The van der Waals surface area contributed by atoms with E-state index in [4.69, 9.17) is 9.46 Å². The maximum absolute atomic E-state index is 13.9. The first kappa shape index (κ1) is 27.3. The van der Waals surface area contributed by atoms with Crippen molar-refractivity contribution in [3.63, 3.8) is 0 Å². The lowest BCUT2D eigenvalue weighted by atomic mass is 10.0. The molecule has 1 N–H and O–H groups in total. The molecule has 1 heterocycles. The van der Waals surface area contributed by atoms with E-state index in [1.807, 2.05) is 75.9 Å². The summed E-state index contributed by atoms with van der Waals surface area (Å²) < 4.78 is 12.3. The molecule has 4 aromatic rings. The van der Waals surface area contributed by atoms with Crippen LogP contribution in [0.1, 0.15) is 46.0 Å². The van der Waals surface area contributed by atoms with Gasteiger partial charge in [0.15, 0.2) is 0 Å². The minimum Gasteiger partial charge on any atom is -0.310 e. The Morgan fingerprint density at radius 1 is 0.722 bits per heavy atom. The summed E-state index contributed by atoms with van der Waals surface area (Å²) in [5, 5.41) is 0. The average Bonchev–Trinajstić information content (AvgIpc) is 3.20. The highest BCUT2D eigenvalue weighted by atomic mass is 31.1. The zero-order valence-electron chi connectivity index (χ0n) is 21.1. The first-order chi connectivity index (χ1) is 17.6. The van der Waals surface area contributed by atoms with E-state index in [-0.39, 0.29) is 5.69 Å². The molecule has 0 saturated heterocycles. The van der Waals surface area contributed by atoms with Crippen LogP contribution in [0.25, 0.3) is 28.2 Å². The van der Waals surface area contributed by atoms with Crippen LogP contribution in [0.15, 0.2) is 95.8 Å². The summed E-state index contributed by atoms with van der Waals surface area (Å²) in [6.07, 6.45) is 5.91. The summed E-state index contributed by atoms with van der Waals surface area (Å²) in [6, 6.07) is 30.6. The van der Waals surface area contributed by atoms with Crippen LogP contribution in [-0.4, -0.2) is 14.0 Å². The fourth-order valence-corrected chi connectivity index (χ4v) is 4.50. The number of aromatic nitrogens is 2. The molecular weight excluding hydrogens is 467 g/mol. The third-order valence-corrected chi connectivity index (χ3v) is 6.16. The van der Waals surface area contributed by atoms with E-state index in [0.29, 0.717) is 0 Å². The van der Waals surface area contributed by atoms with Crippen molar-refractivity contribution in [2.24, 2.45) is 5.92 Å². The molecular formula is C30H35N2O3P. The fourth-order valence-electron chi connectivity index (χ4n) is 4.50. The highest BCUT2D eigenvalue weighted by Gasteiger charge is 2.23. The van der Waals surface area contributed by atoms with Gasteiger partial charge in [-0.2, -0.15) is 0 Å². The van der Waals surface area contributed by atoms with Crippen LogP contribution in [0, 0.1) is 5.92 Å². The predicted molar refractivity (Wildman–Crippen MR) is 149 cm³/mol. The van der Waals surface area contributed by atoms with Gasteiger partial charge in [0.25, 0.3) is 0 Å². The Bertz CT molecular complexity index is 1250. The zero-order chi connectivity index (χ0) is 25.8. The van der Waals surface area contributed by atoms with Crippen LogP contribution in [0.5, 0.6) is 0 Å². The van der Waals surface area contributed by atoms with Crippen LogP contribution in [0.2, 0.25) is 0 Å². The molecule has 1 aromatic heterocycles. The SMILES string of the molecule is CC(C)CCCCCCn1c(-c2ccccc2)c(-c2ccccc2)n(-c2ccccc2)c1=O.O=PO. The first-order valence-electron chi connectivity index (χ1n) is 12.6. The van der Waals surface area contributed by atoms with Crippen molar-refractivity contribution in [1.82, 2.24) is 9.13 Å². The highest BCUT2D eigenvalue weighted by Crippen LogP contribution is 2.33. The number of imidazole rings is 1. The molecule has 5 nitrogen and oxygen atoms in total. The minimum atomic E-state index is -0.833. The van der Waals surface area contributed by atoms with Gasteiger partial charge in [0, 0.05) is 17.7 Å². The van der Waals surface area contributed by atoms with Crippen molar-refractivity contribution in [2.45, 2.75) is 52.5 Å².